The average Bonchev–Trinajstić information content (AvgIpc) is 2.53. The van der Waals surface area contributed by atoms with E-state index in [4.69, 9.17) is 4.74 Å². The van der Waals surface area contributed by atoms with Crippen molar-refractivity contribution in [2.45, 2.75) is 13.3 Å². The fraction of sp³-hybridized carbons (Fsp3) is 0.562. The Bertz CT molecular complexity index is 457. The Hall–Kier alpha value is -1.75. The standard InChI is InChI=1S/C16H25N3O2/c1-3-8-17-16(20)13-18-9-11-19(12-10-18)14-6-4-5-7-15(14)21-2/h4-7H,3,8-13H2,1-2H3,(H,17,20)/p+1. The van der Waals surface area contributed by atoms with E-state index in [1.54, 1.807) is 7.11 Å². The highest BCUT2D eigenvalue weighted by molar-refractivity contribution is 5.76. The second-order valence-corrected chi connectivity index (χ2v) is 5.44. The van der Waals surface area contributed by atoms with E-state index >= 15 is 0 Å². The van der Waals surface area contributed by atoms with E-state index in [2.05, 4.69) is 23.2 Å². The number of carbonyl (C=O) groups excluding carboxylic acids is 1. The van der Waals surface area contributed by atoms with Crippen LogP contribution < -0.4 is 19.9 Å². The molecule has 116 valence electrons. The predicted molar refractivity (Wildman–Crippen MR) is 84.1 cm³/mol. The lowest BCUT2D eigenvalue weighted by molar-refractivity contribution is -0.892. The van der Waals surface area contributed by atoms with Crippen LogP contribution in [0.5, 0.6) is 5.75 Å². The summed E-state index contributed by atoms with van der Waals surface area (Å²) in [6.45, 7) is 7.31. The van der Waals surface area contributed by atoms with E-state index in [-0.39, 0.29) is 5.91 Å². The number of methoxy groups -OCH3 is 1. The van der Waals surface area contributed by atoms with Gasteiger partial charge in [0.05, 0.1) is 39.0 Å². The highest BCUT2D eigenvalue weighted by Gasteiger charge is 2.23. The van der Waals surface area contributed by atoms with E-state index in [1.807, 2.05) is 18.2 Å². The fourth-order valence-corrected chi connectivity index (χ4v) is 2.69. The molecule has 1 aliphatic rings. The summed E-state index contributed by atoms with van der Waals surface area (Å²) >= 11 is 0. The minimum absolute atomic E-state index is 0.164. The van der Waals surface area contributed by atoms with Gasteiger partial charge in [-0.3, -0.25) is 4.79 Å². The van der Waals surface area contributed by atoms with Crippen LogP contribution in [0.2, 0.25) is 0 Å². The Kier molecular flexibility index (Phi) is 5.87. The molecule has 1 heterocycles. The molecule has 2 N–H and O–H groups in total. The molecular formula is C16H26N3O2+. The number of rotatable bonds is 6. The zero-order chi connectivity index (χ0) is 15.1. The maximum atomic E-state index is 11.8. The Morgan fingerprint density at radius 1 is 1.33 bits per heavy atom. The highest BCUT2D eigenvalue weighted by Crippen LogP contribution is 2.27. The summed E-state index contributed by atoms with van der Waals surface area (Å²) in [5.74, 6) is 1.08. The Balaban J connectivity index is 1.84. The molecule has 21 heavy (non-hydrogen) atoms. The molecule has 2 rings (SSSR count). The minimum atomic E-state index is 0.164. The molecule has 1 saturated heterocycles. The molecule has 0 bridgehead atoms. The molecule has 0 saturated carbocycles. The second kappa shape index (κ2) is 7.88. The van der Waals surface area contributed by atoms with Gasteiger partial charge in [-0.05, 0) is 18.6 Å². The first-order valence-corrected chi connectivity index (χ1v) is 7.72. The largest absolute Gasteiger partial charge is 0.495 e. The SMILES string of the molecule is CCCNC(=O)C[NH+]1CCN(c2ccccc2OC)CC1. The number of anilines is 1. The van der Waals surface area contributed by atoms with Crippen LogP contribution in [0.3, 0.4) is 0 Å². The number of quaternary nitrogens is 1. The van der Waals surface area contributed by atoms with Crippen LogP contribution in [0, 0.1) is 0 Å². The van der Waals surface area contributed by atoms with Gasteiger partial charge in [-0.2, -0.15) is 0 Å². The molecule has 1 aromatic carbocycles. The van der Waals surface area contributed by atoms with Gasteiger partial charge in [0.15, 0.2) is 6.54 Å². The minimum Gasteiger partial charge on any atom is -0.495 e. The quantitative estimate of drug-likeness (QED) is 0.771. The van der Waals surface area contributed by atoms with Crippen LogP contribution in [0.25, 0.3) is 0 Å². The molecule has 0 radical (unpaired) electrons. The summed E-state index contributed by atoms with van der Waals surface area (Å²) in [4.78, 5) is 15.5. The number of hydrogen-bond donors (Lipinski definition) is 2. The van der Waals surface area contributed by atoms with Crippen molar-refractivity contribution in [3.8, 4) is 5.75 Å². The van der Waals surface area contributed by atoms with Crippen molar-refractivity contribution in [2.75, 3.05) is 51.3 Å². The third-order valence-electron chi connectivity index (χ3n) is 3.88. The molecule has 0 atom stereocenters. The van der Waals surface area contributed by atoms with Crippen LogP contribution in [-0.4, -0.2) is 52.3 Å². The van der Waals surface area contributed by atoms with E-state index in [0.717, 1.165) is 50.6 Å². The first-order valence-electron chi connectivity index (χ1n) is 7.72. The van der Waals surface area contributed by atoms with Gasteiger partial charge >= 0.3 is 0 Å². The molecule has 0 spiro atoms. The second-order valence-electron chi connectivity index (χ2n) is 5.44. The first-order chi connectivity index (χ1) is 10.2. The third kappa shape index (κ3) is 4.36. The monoisotopic (exact) mass is 292 g/mol. The number of benzene rings is 1. The van der Waals surface area contributed by atoms with Crippen molar-refractivity contribution in [1.29, 1.82) is 0 Å². The summed E-state index contributed by atoms with van der Waals surface area (Å²) in [6, 6.07) is 8.11. The van der Waals surface area contributed by atoms with Gasteiger partial charge in [0.1, 0.15) is 5.75 Å². The zero-order valence-electron chi connectivity index (χ0n) is 13.0. The Morgan fingerprint density at radius 2 is 2.05 bits per heavy atom. The highest BCUT2D eigenvalue weighted by atomic mass is 16.5. The Morgan fingerprint density at radius 3 is 2.71 bits per heavy atom. The molecule has 1 aromatic rings. The molecule has 5 heteroatoms. The average molecular weight is 292 g/mol. The lowest BCUT2D eigenvalue weighted by Gasteiger charge is -2.34. The molecule has 0 aliphatic carbocycles. The summed E-state index contributed by atoms with van der Waals surface area (Å²) in [5.41, 5.74) is 1.15. The lowest BCUT2D eigenvalue weighted by atomic mass is 10.2. The maximum Gasteiger partial charge on any atom is 0.275 e. The molecule has 1 amide bonds. The smallest absolute Gasteiger partial charge is 0.275 e. The van der Waals surface area contributed by atoms with Gasteiger partial charge in [0, 0.05) is 6.54 Å². The van der Waals surface area contributed by atoms with Crippen molar-refractivity contribution >= 4 is 11.6 Å². The van der Waals surface area contributed by atoms with Crippen molar-refractivity contribution in [1.82, 2.24) is 5.32 Å². The molecule has 0 aromatic heterocycles. The van der Waals surface area contributed by atoms with Crippen LogP contribution in [0.1, 0.15) is 13.3 Å². The first kappa shape index (κ1) is 15.6. The van der Waals surface area contributed by atoms with Crippen molar-refractivity contribution in [2.24, 2.45) is 0 Å². The van der Waals surface area contributed by atoms with E-state index < -0.39 is 0 Å². The topological polar surface area (TPSA) is 46.0 Å². The van der Waals surface area contributed by atoms with Gasteiger partial charge in [-0.1, -0.05) is 19.1 Å². The van der Waals surface area contributed by atoms with Crippen LogP contribution in [-0.2, 0) is 4.79 Å². The van der Waals surface area contributed by atoms with Gasteiger partial charge < -0.3 is 19.9 Å². The van der Waals surface area contributed by atoms with Crippen LogP contribution in [0.15, 0.2) is 24.3 Å². The third-order valence-corrected chi connectivity index (χ3v) is 3.88. The summed E-state index contributed by atoms with van der Waals surface area (Å²) in [7, 11) is 1.71. The number of carbonyl (C=O) groups is 1. The maximum absolute atomic E-state index is 11.8. The summed E-state index contributed by atoms with van der Waals surface area (Å²) < 4.78 is 5.42. The predicted octanol–water partition coefficient (Wildman–Crippen LogP) is -0.0737. The zero-order valence-corrected chi connectivity index (χ0v) is 13.0. The molecular weight excluding hydrogens is 266 g/mol. The molecule has 1 aliphatic heterocycles. The molecule has 5 nitrogen and oxygen atoms in total. The number of amides is 1. The van der Waals surface area contributed by atoms with Gasteiger partial charge in [0.25, 0.3) is 5.91 Å². The van der Waals surface area contributed by atoms with E-state index in [1.165, 1.54) is 4.90 Å². The molecule has 1 fully saturated rings. The van der Waals surface area contributed by atoms with Gasteiger partial charge in [-0.25, -0.2) is 0 Å². The van der Waals surface area contributed by atoms with E-state index in [0.29, 0.717) is 6.54 Å². The normalized spacial score (nSPS) is 15.8. The van der Waals surface area contributed by atoms with Crippen molar-refractivity contribution < 1.29 is 14.4 Å². The Labute approximate surface area is 126 Å². The van der Waals surface area contributed by atoms with Crippen molar-refractivity contribution in [3.63, 3.8) is 0 Å². The fourth-order valence-electron chi connectivity index (χ4n) is 2.69. The summed E-state index contributed by atoms with van der Waals surface area (Å²) in [5, 5.41) is 2.95. The van der Waals surface area contributed by atoms with Gasteiger partial charge in [0.2, 0.25) is 0 Å². The van der Waals surface area contributed by atoms with Crippen molar-refractivity contribution in [3.05, 3.63) is 24.3 Å². The number of hydrogen-bond acceptors (Lipinski definition) is 3. The van der Waals surface area contributed by atoms with Crippen LogP contribution in [0.4, 0.5) is 5.69 Å². The number of nitrogens with zero attached hydrogens (tertiary/aromatic N) is 1. The van der Waals surface area contributed by atoms with Crippen LogP contribution >= 0.6 is 0 Å². The molecule has 0 unspecified atom stereocenters. The summed E-state index contributed by atoms with van der Waals surface area (Å²) in [6.07, 6.45) is 0.989. The number of nitrogens with one attached hydrogen (secondary N) is 2. The number of ether oxygens (including phenoxy) is 1. The number of piperazine rings is 1. The lowest BCUT2D eigenvalue weighted by Crippen LogP contribution is -3.15. The van der Waals surface area contributed by atoms with Gasteiger partial charge in [-0.15, -0.1) is 0 Å². The number of para-hydroxylation sites is 2. The van der Waals surface area contributed by atoms with E-state index in [9.17, 15) is 4.79 Å².